The number of pyridine rings is 1. The van der Waals surface area contributed by atoms with E-state index in [1.165, 1.54) is 25.8 Å². The van der Waals surface area contributed by atoms with Crippen molar-refractivity contribution in [2.75, 3.05) is 18.8 Å². The van der Waals surface area contributed by atoms with Gasteiger partial charge in [-0.25, -0.2) is 9.97 Å². The third kappa shape index (κ3) is 2.08. The van der Waals surface area contributed by atoms with E-state index in [0.29, 0.717) is 11.9 Å². The van der Waals surface area contributed by atoms with Crippen LogP contribution < -0.4 is 5.73 Å². The zero-order valence-electron chi connectivity index (χ0n) is 11.4. The van der Waals surface area contributed by atoms with Gasteiger partial charge in [0.25, 0.3) is 0 Å². The molecule has 1 saturated heterocycles. The number of hydrogen-bond donors (Lipinski definition) is 1. The van der Waals surface area contributed by atoms with Crippen LogP contribution in [0.25, 0.3) is 11.3 Å². The lowest BCUT2D eigenvalue weighted by Gasteiger charge is -2.17. The molecule has 2 aliphatic rings. The quantitative estimate of drug-likeness (QED) is 0.925. The summed E-state index contributed by atoms with van der Waals surface area (Å²) >= 11 is 0. The van der Waals surface area contributed by atoms with Gasteiger partial charge in [0.15, 0.2) is 0 Å². The van der Waals surface area contributed by atoms with Gasteiger partial charge in [-0.3, -0.25) is 4.90 Å². The summed E-state index contributed by atoms with van der Waals surface area (Å²) in [5, 5.41) is 0. The molecule has 5 nitrogen and oxygen atoms in total. The number of rotatable bonds is 3. The number of likely N-dealkylation sites (tertiary alicyclic amines) is 1. The summed E-state index contributed by atoms with van der Waals surface area (Å²) in [4.78, 5) is 11.1. The van der Waals surface area contributed by atoms with E-state index in [4.69, 9.17) is 5.73 Å². The molecule has 3 heterocycles. The standard InChI is InChI=1S/C15H19N5/c16-15-4-1-11(7-18-15)14-8-17-10-20(14)13-5-6-19(9-13)12-2-3-12/h1,4,7-8,10,12-13H,2-3,5-6,9H2,(H2,16,18). The number of nitrogens with zero attached hydrogens (tertiary/aromatic N) is 4. The summed E-state index contributed by atoms with van der Waals surface area (Å²) in [6.45, 7) is 2.36. The Hall–Kier alpha value is -1.88. The Labute approximate surface area is 118 Å². The Morgan fingerprint density at radius 3 is 2.75 bits per heavy atom. The molecule has 2 fully saturated rings. The molecule has 0 spiro atoms. The lowest BCUT2D eigenvalue weighted by Crippen LogP contribution is -2.23. The van der Waals surface area contributed by atoms with Crippen molar-refractivity contribution >= 4 is 5.82 Å². The minimum Gasteiger partial charge on any atom is -0.384 e. The van der Waals surface area contributed by atoms with E-state index >= 15 is 0 Å². The average molecular weight is 269 g/mol. The number of imidazole rings is 1. The van der Waals surface area contributed by atoms with Gasteiger partial charge in [-0.05, 0) is 31.4 Å². The highest BCUT2D eigenvalue weighted by Gasteiger charge is 2.35. The maximum Gasteiger partial charge on any atom is 0.123 e. The lowest BCUT2D eigenvalue weighted by atomic mass is 10.2. The molecule has 0 aromatic carbocycles. The van der Waals surface area contributed by atoms with E-state index in [-0.39, 0.29) is 0 Å². The first-order valence-electron chi connectivity index (χ1n) is 7.29. The largest absolute Gasteiger partial charge is 0.384 e. The molecule has 1 aliphatic carbocycles. The number of anilines is 1. The Kier molecular flexibility index (Phi) is 2.73. The second-order valence-electron chi connectivity index (χ2n) is 5.83. The average Bonchev–Trinajstić information content (AvgIpc) is 3.01. The molecule has 0 radical (unpaired) electrons. The molecule has 0 amide bonds. The lowest BCUT2D eigenvalue weighted by molar-refractivity contribution is 0.314. The topological polar surface area (TPSA) is 60.0 Å². The molecule has 104 valence electrons. The van der Waals surface area contributed by atoms with E-state index in [9.17, 15) is 0 Å². The molecule has 2 aromatic heterocycles. The maximum absolute atomic E-state index is 5.66. The second-order valence-corrected chi connectivity index (χ2v) is 5.83. The van der Waals surface area contributed by atoms with E-state index in [1.54, 1.807) is 0 Å². The molecule has 5 heteroatoms. The summed E-state index contributed by atoms with van der Waals surface area (Å²) in [6, 6.07) is 5.25. The number of aromatic nitrogens is 3. The van der Waals surface area contributed by atoms with Crippen LogP contribution in [0.4, 0.5) is 5.82 Å². The van der Waals surface area contributed by atoms with Crippen LogP contribution in [-0.4, -0.2) is 38.6 Å². The van der Waals surface area contributed by atoms with Crippen molar-refractivity contribution < 1.29 is 0 Å². The molecule has 1 unspecified atom stereocenters. The van der Waals surface area contributed by atoms with E-state index in [2.05, 4.69) is 19.4 Å². The zero-order valence-corrected chi connectivity index (χ0v) is 11.4. The third-order valence-corrected chi connectivity index (χ3v) is 4.40. The van der Waals surface area contributed by atoms with Gasteiger partial charge in [-0.1, -0.05) is 0 Å². The fourth-order valence-corrected chi connectivity index (χ4v) is 3.14. The van der Waals surface area contributed by atoms with Crippen molar-refractivity contribution in [1.29, 1.82) is 0 Å². The molecular weight excluding hydrogens is 250 g/mol. The second kappa shape index (κ2) is 4.59. The fraction of sp³-hybridized carbons (Fsp3) is 0.467. The van der Waals surface area contributed by atoms with Crippen LogP contribution in [0.1, 0.15) is 25.3 Å². The van der Waals surface area contributed by atoms with Crippen LogP contribution in [0.15, 0.2) is 30.9 Å². The van der Waals surface area contributed by atoms with E-state index < -0.39 is 0 Å². The van der Waals surface area contributed by atoms with Crippen LogP contribution in [0.5, 0.6) is 0 Å². The van der Waals surface area contributed by atoms with Crippen molar-refractivity contribution in [2.45, 2.75) is 31.3 Å². The summed E-state index contributed by atoms with van der Waals surface area (Å²) in [6.07, 6.45) is 9.68. The van der Waals surface area contributed by atoms with Crippen molar-refractivity contribution in [3.8, 4) is 11.3 Å². The Balaban J connectivity index is 1.60. The smallest absolute Gasteiger partial charge is 0.123 e. The first-order valence-corrected chi connectivity index (χ1v) is 7.29. The van der Waals surface area contributed by atoms with Crippen molar-refractivity contribution in [3.63, 3.8) is 0 Å². The van der Waals surface area contributed by atoms with Gasteiger partial charge in [-0.15, -0.1) is 0 Å². The molecule has 4 rings (SSSR count). The molecule has 20 heavy (non-hydrogen) atoms. The van der Waals surface area contributed by atoms with Crippen molar-refractivity contribution in [2.24, 2.45) is 0 Å². The molecule has 0 bridgehead atoms. The summed E-state index contributed by atoms with van der Waals surface area (Å²) in [5.74, 6) is 0.556. The van der Waals surface area contributed by atoms with Crippen LogP contribution in [0, 0.1) is 0 Å². The minimum absolute atomic E-state index is 0.533. The molecule has 2 N–H and O–H groups in total. The highest BCUT2D eigenvalue weighted by molar-refractivity contribution is 5.59. The Morgan fingerprint density at radius 1 is 1.10 bits per heavy atom. The first-order chi connectivity index (χ1) is 9.81. The van der Waals surface area contributed by atoms with Gasteiger partial charge in [0.1, 0.15) is 5.82 Å². The zero-order chi connectivity index (χ0) is 13.5. The van der Waals surface area contributed by atoms with Gasteiger partial charge < -0.3 is 10.3 Å². The predicted octanol–water partition coefficient (Wildman–Crippen LogP) is 1.94. The first kappa shape index (κ1) is 11.9. The SMILES string of the molecule is Nc1ccc(-c2cncn2C2CCN(C3CC3)C2)cn1. The molecule has 1 aliphatic heterocycles. The molecule has 1 saturated carbocycles. The molecular formula is C15H19N5. The van der Waals surface area contributed by atoms with Crippen molar-refractivity contribution in [1.82, 2.24) is 19.4 Å². The van der Waals surface area contributed by atoms with E-state index in [0.717, 1.165) is 23.8 Å². The summed E-state index contributed by atoms with van der Waals surface area (Å²) in [7, 11) is 0. The van der Waals surface area contributed by atoms with Gasteiger partial charge >= 0.3 is 0 Å². The van der Waals surface area contributed by atoms with E-state index in [1.807, 2.05) is 30.9 Å². The fourth-order valence-electron chi connectivity index (χ4n) is 3.14. The predicted molar refractivity (Wildman–Crippen MR) is 78.1 cm³/mol. The molecule has 2 aromatic rings. The summed E-state index contributed by atoms with van der Waals surface area (Å²) < 4.78 is 2.30. The highest BCUT2D eigenvalue weighted by Crippen LogP contribution is 2.35. The summed E-state index contributed by atoms with van der Waals surface area (Å²) in [5.41, 5.74) is 7.88. The molecule has 1 atom stereocenters. The van der Waals surface area contributed by atoms with Crippen LogP contribution in [0.3, 0.4) is 0 Å². The maximum atomic E-state index is 5.66. The van der Waals surface area contributed by atoms with Gasteiger partial charge in [0.2, 0.25) is 0 Å². The van der Waals surface area contributed by atoms with Gasteiger partial charge in [0.05, 0.1) is 18.2 Å². The van der Waals surface area contributed by atoms with Crippen molar-refractivity contribution in [3.05, 3.63) is 30.9 Å². The monoisotopic (exact) mass is 269 g/mol. The number of nitrogens with two attached hydrogens (primary N) is 1. The third-order valence-electron chi connectivity index (χ3n) is 4.40. The Morgan fingerprint density at radius 2 is 2.00 bits per heavy atom. The Bertz CT molecular complexity index is 599. The highest BCUT2D eigenvalue weighted by atomic mass is 15.2. The van der Waals surface area contributed by atoms with Crippen LogP contribution in [-0.2, 0) is 0 Å². The number of nitrogen functional groups attached to an aromatic ring is 1. The minimum atomic E-state index is 0.533. The number of hydrogen-bond acceptors (Lipinski definition) is 4. The van der Waals surface area contributed by atoms with Crippen LogP contribution >= 0.6 is 0 Å². The van der Waals surface area contributed by atoms with Gasteiger partial charge in [0, 0.05) is 36.9 Å². The van der Waals surface area contributed by atoms with Gasteiger partial charge in [-0.2, -0.15) is 0 Å². The normalized spacial score (nSPS) is 23.3. The van der Waals surface area contributed by atoms with Crippen LogP contribution in [0.2, 0.25) is 0 Å².